The van der Waals surface area contributed by atoms with Crippen molar-refractivity contribution in [3.63, 3.8) is 0 Å². The van der Waals surface area contributed by atoms with E-state index in [0.717, 1.165) is 11.3 Å². The maximum Gasteiger partial charge on any atom is 0.184 e. The van der Waals surface area contributed by atoms with Crippen LogP contribution in [0.2, 0.25) is 5.02 Å². The first-order valence-corrected chi connectivity index (χ1v) is 6.22. The minimum absolute atomic E-state index is 0.0757. The third-order valence-electron chi connectivity index (χ3n) is 2.69. The zero-order valence-electron chi connectivity index (χ0n) is 10.7. The third-order valence-corrected chi connectivity index (χ3v) is 2.94. The van der Waals surface area contributed by atoms with E-state index in [0.29, 0.717) is 16.2 Å². The Kier molecular flexibility index (Phi) is 4.07. The van der Waals surface area contributed by atoms with Crippen LogP contribution in [0.1, 0.15) is 13.8 Å². The molecule has 2 rings (SSSR count). The fraction of sp³-hybridized carbons (Fsp3) is 0.133. The van der Waals surface area contributed by atoms with Crippen LogP contribution >= 0.6 is 11.6 Å². The van der Waals surface area contributed by atoms with Gasteiger partial charge in [-0.25, -0.2) is 0 Å². The topological polar surface area (TPSA) is 41.8 Å². The summed E-state index contributed by atoms with van der Waals surface area (Å²) in [5.74, 6) is 0.0757. The minimum Gasteiger partial charge on any atom is -0.289 e. The molecule has 0 saturated carbocycles. The zero-order valence-corrected chi connectivity index (χ0v) is 11.5. The summed E-state index contributed by atoms with van der Waals surface area (Å²) in [4.78, 5) is 11.6. The number of nitrogens with zero attached hydrogens (tertiary/aromatic N) is 2. The maximum absolute atomic E-state index is 11.6. The molecule has 0 atom stereocenters. The molecule has 4 heteroatoms. The van der Waals surface area contributed by atoms with E-state index < -0.39 is 0 Å². The Morgan fingerprint density at radius 1 is 1.05 bits per heavy atom. The molecule has 0 heterocycles. The number of carbonyl (C=O) groups is 1. The van der Waals surface area contributed by atoms with Crippen molar-refractivity contribution in [3.8, 4) is 0 Å². The summed E-state index contributed by atoms with van der Waals surface area (Å²) in [5.41, 5.74) is 3.03. The van der Waals surface area contributed by atoms with Crippen molar-refractivity contribution in [2.75, 3.05) is 0 Å². The summed E-state index contributed by atoms with van der Waals surface area (Å²) in [5, 5.41) is 8.73. The van der Waals surface area contributed by atoms with Crippen LogP contribution in [0.3, 0.4) is 0 Å². The molecule has 0 amide bonds. The Hall–Kier alpha value is -2.00. The molecule has 0 aromatic heterocycles. The largest absolute Gasteiger partial charge is 0.289 e. The van der Waals surface area contributed by atoms with E-state index in [-0.39, 0.29) is 5.78 Å². The number of halogens is 1. The molecule has 0 fully saturated rings. The van der Waals surface area contributed by atoms with E-state index in [4.69, 9.17) is 11.6 Å². The Morgan fingerprint density at radius 3 is 2.21 bits per heavy atom. The summed E-state index contributed by atoms with van der Waals surface area (Å²) in [7, 11) is 0. The molecule has 0 spiro atoms. The Balaban J connectivity index is 2.15. The first-order valence-electron chi connectivity index (χ1n) is 5.84. The molecular weight excluding hydrogens is 260 g/mol. The van der Waals surface area contributed by atoms with Crippen molar-refractivity contribution in [1.29, 1.82) is 0 Å². The van der Waals surface area contributed by atoms with Gasteiger partial charge in [-0.2, -0.15) is 10.2 Å². The fourth-order valence-electron chi connectivity index (χ4n) is 1.73. The van der Waals surface area contributed by atoms with E-state index in [2.05, 4.69) is 10.2 Å². The number of azo groups is 1. The molecule has 0 saturated heterocycles. The quantitative estimate of drug-likeness (QED) is 0.714. The molecule has 0 radical (unpaired) electrons. The molecule has 1 aromatic rings. The third kappa shape index (κ3) is 3.48. The van der Waals surface area contributed by atoms with E-state index in [1.165, 1.54) is 0 Å². The van der Waals surface area contributed by atoms with Crippen LogP contribution in [0.15, 0.2) is 69.6 Å². The van der Waals surface area contributed by atoms with Gasteiger partial charge in [-0.05, 0) is 67.0 Å². The summed E-state index contributed by atoms with van der Waals surface area (Å²) in [6.45, 7) is 3.59. The van der Waals surface area contributed by atoms with Gasteiger partial charge in [0.15, 0.2) is 5.78 Å². The fourth-order valence-corrected chi connectivity index (χ4v) is 1.85. The summed E-state index contributed by atoms with van der Waals surface area (Å²) in [6, 6.07) is 7.10. The highest BCUT2D eigenvalue weighted by molar-refractivity contribution is 6.30. The van der Waals surface area contributed by atoms with Crippen molar-refractivity contribution in [2.24, 2.45) is 10.2 Å². The van der Waals surface area contributed by atoms with Gasteiger partial charge in [-0.15, -0.1) is 0 Å². The second-order valence-electron chi connectivity index (χ2n) is 4.30. The number of Topliss-reactive ketones (excluding diaryl/α,β-unsaturated/α-hetero) is 1. The Morgan fingerprint density at radius 2 is 1.63 bits per heavy atom. The van der Waals surface area contributed by atoms with Gasteiger partial charge < -0.3 is 0 Å². The minimum atomic E-state index is 0.0757. The lowest BCUT2D eigenvalue weighted by atomic mass is 9.96. The molecule has 19 heavy (non-hydrogen) atoms. The van der Waals surface area contributed by atoms with Crippen LogP contribution < -0.4 is 0 Å². The summed E-state index contributed by atoms with van der Waals surface area (Å²) >= 11 is 5.78. The predicted octanol–water partition coefficient (Wildman–Crippen LogP) is 4.78. The van der Waals surface area contributed by atoms with Crippen molar-refractivity contribution in [2.45, 2.75) is 13.8 Å². The van der Waals surface area contributed by atoms with Gasteiger partial charge in [0.1, 0.15) is 0 Å². The molecule has 0 aliphatic heterocycles. The van der Waals surface area contributed by atoms with Crippen LogP contribution in [0.25, 0.3) is 0 Å². The number of hydrogen-bond acceptors (Lipinski definition) is 3. The molecule has 1 aromatic carbocycles. The second kappa shape index (κ2) is 5.76. The van der Waals surface area contributed by atoms with Crippen LogP contribution in [0, 0.1) is 0 Å². The van der Waals surface area contributed by atoms with Crippen LogP contribution in [0.4, 0.5) is 5.69 Å². The molecule has 1 aliphatic rings. The van der Waals surface area contributed by atoms with Crippen molar-refractivity contribution >= 4 is 23.1 Å². The number of benzene rings is 1. The number of ketones is 1. The van der Waals surface area contributed by atoms with Crippen LogP contribution in [0.5, 0.6) is 0 Å². The SMILES string of the molecule is CC1=CC(=CN=Nc2ccc(Cl)cc2)C=C(C)C1=O. The standard InChI is InChI=1S/C15H13ClN2O/c1-10-7-12(8-11(2)15(10)19)9-17-18-14-5-3-13(16)4-6-14/h3-9H,1-2H3. The average molecular weight is 273 g/mol. The monoisotopic (exact) mass is 272 g/mol. The second-order valence-corrected chi connectivity index (χ2v) is 4.74. The highest BCUT2D eigenvalue weighted by Crippen LogP contribution is 2.19. The average Bonchev–Trinajstić information content (AvgIpc) is 2.38. The first-order chi connectivity index (χ1) is 9.06. The lowest BCUT2D eigenvalue weighted by Gasteiger charge is -2.07. The van der Waals surface area contributed by atoms with Crippen LogP contribution in [-0.4, -0.2) is 5.78 Å². The maximum atomic E-state index is 11.6. The predicted molar refractivity (Wildman–Crippen MR) is 76.6 cm³/mol. The number of rotatable bonds is 2. The normalized spacial score (nSPS) is 15.5. The highest BCUT2D eigenvalue weighted by atomic mass is 35.5. The number of hydrogen-bond donors (Lipinski definition) is 0. The molecule has 0 unspecified atom stereocenters. The molecule has 3 nitrogen and oxygen atoms in total. The van der Waals surface area contributed by atoms with E-state index in [1.54, 1.807) is 56.5 Å². The van der Waals surface area contributed by atoms with Crippen molar-refractivity contribution in [1.82, 2.24) is 0 Å². The Bertz CT molecular complexity index is 598. The van der Waals surface area contributed by atoms with E-state index >= 15 is 0 Å². The van der Waals surface area contributed by atoms with E-state index in [1.807, 2.05) is 0 Å². The first kappa shape index (κ1) is 13.4. The summed E-state index contributed by atoms with van der Waals surface area (Å²) < 4.78 is 0. The number of carbonyl (C=O) groups excluding carboxylic acids is 1. The van der Waals surface area contributed by atoms with Gasteiger partial charge >= 0.3 is 0 Å². The van der Waals surface area contributed by atoms with E-state index in [9.17, 15) is 4.79 Å². The van der Waals surface area contributed by atoms with Crippen molar-refractivity contribution in [3.05, 3.63) is 64.4 Å². The lowest BCUT2D eigenvalue weighted by molar-refractivity contribution is -0.112. The number of allylic oxidation sites excluding steroid dienone is 5. The van der Waals surface area contributed by atoms with Gasteiger partial charge in [0.25, 0.3) is 0 Å². The van der Waals surface area contributed by atoms with Crippen LogP contribution in [-0.2, 0) is 4.79 Å². The van der Waals surface area contributed by atoms with Gasteiger partial charge in [0.05, 0.1) is 11.9 Å². The summed E-state index contributed by atoms with van der Waals surface area (Å²) in [6.07, 6.45) is 5.24. The van der Waals surface area contributed by atoms with Gasteiger partial charge in [-0.3, -0.25) is 4.79 Å². The molecule has 0 N–H and O–H groups in total. The molecule has 0 bridgehead atoms. The molecule has 96 valence electrons. The van der Waals surface area contributed by atoms with Gasteiger partial charge in [0, 0.05) is 5.02 Å². The molecular formula is C15H13ClN2O. The smallest absolute Gasteiger partial charge is 0.184 e. The van der Waals surface area contributed by atoms with Gasteiger partial charge in [0.2, 0.25) is 0 Å². The van der Waals surface area contributed by atoms with Crippen molar-refractivity contribution < 1.29 is 4.79 Å². The zero-order chi connectivity index (χ0) is 13.8. The lowest BCUT2D eigenvalue weighted by Crippen LogP contribution is -2.05. The Labute approximate surface area is 117 Å². The van der Waals surface area contributed by atoms with Gasteiger partial charge in [-0.1, -0.05) is 11.6 Å². The highest BCUT2D eigenvalue weighted by Gasteiger charge is 2.12. The molecule has 1 aliphatic carbocycles.